The molecule has 0 radical (unpaired) electrons. The first-order chi connectivity index (χ1) is 19.8. The molecule has 0 amide bonds. The highest BCUT2D eigenvalue weighted by atomic mass is 16.3. The number of aliphatic hydroxyl groups is 1. The van der Waals surface area contributed by atoms with Crippen LogP contribution in [0.3, 0.4) is 0 Å². The van der Waals surface area contributed by atoms with Crippen LogP contribution in [0.2, 0.25) is 0 Å². The van der Waals surface area contributed by atoms with Crippen molar-refractivity contribution >= 4 is 5.78 Å². The summed E-state index contributed by atoms with van der Waals surface area (Å²) in [5.74, 6) is 3.20. The molecule has 5 aliphatic rings. The van der Waals surface area contributed by atoms with E-state index in [0.717, 1.165) is 54.8 Å². The molecule has 1 aromatic carbocycles. The van der Waals surface area contributed by atoms with E-state index >= 15 is 0 Å². The SMILES string of the molecule is CC(C)C1=C2[C@H]3CC[C@@H]4[C@@]5(C)CC[C@H](O)C(C)(C)[C@@H]5CC[C@@]4(C)[C@]3(C)CC[C@@]2(c2ncc(-c3ccccc3)[nH]2)CC1=O. The minimum atomic E-state index is -0.310. The van der Waals surface area contributed by atoms with Crippen molar-refractivity contribution in [3.05, 3.63) is 53.5 Å². The third-order valence-corrected chi connectivity index (χ3v) is 14.5. The van der Waals surface area contributed by atoms with Crippen LogP contribution in [0.1, 0.15) is 112 Å². The molecule has 1 heterocycles. The molecule has 4 fully saturated rings. The molecule has 42 heavy (non-hydrogen) atoms. The largest absolute Gasteiger partial charge is 0.393 e. The number of hydrogen-bond donors (Lipinski definition) is 2. The Kier molecular flexibility index (Phi) is 6.23. The number of ketones is 1. The van der Waals surface area contributed by atoms with E-state index < -0.39 is 0 Å². The quantitative estimate of drug-likeness (QED) is 0.389. The van der Waals surface area contributed by atoms with Crippen molar-refractivity contribution in [3.63, 3.8) is 0 Å². The van der Waals surface area contributed by atoms with Gasteiger partial charge < -0.3 is 10.1 Å². The topological polar surface area (TPSA) is 66.0 Å². The van der Waals surface area contributed by atoms with Gasteiger partial charge in [-0.15, -0.1) is 0 Å². The second-order valence-electron chi connectivity index (χ2n) is 16.7. The third kappa shape index (κ3) is 3.51. The predicted octanol–water partition coefficient (Wildman–Crippen LogP) is 8.67. The molecule has 8 atom stereocenters. The summed E-state index contributed by atoms with van der Waals surface area (Å²) in [6.45, 7) is 17.0. The Balaban J connectivity index is 1.33. The highest BCUT2D eigenvalue weighted by Crippen LogP contribution is 2.76. The van der Waals surface area contributed by atoms with Crippen LogP contribution in [0.15, 0.2) is 47.7 Å². The number of allylic oxidation sites excluding steroid dienone is 2. The first-order valence-electron chi connectivity index (χ1n) is 16.9. The minimum absolute atomic E-state index is 0.0330. The average molecular weight is 569 g/mol. The molecule has 0 aliphatic heterocycles. The molecule has 2 N–H and O–H groups in total. The fraction of sp³-hybridized carbons (Fsp3) is 0.684. The van der Waals surface area contributed by atoms with Crippen molar-refractivity contribution in [3.8, 4) is 11.3 Å². The predicted molar refractivity (Wildman–Crippen MR) is 169 cm³/mol. The Hall–Kier alpha value is -2.20. The fourth-order valence-corrected chi connectivity index (χ4v) is 12.2. The van der Waals surface area contributed by atoms with Gasteiger partial charge in [0.05, 0.1) is 23.4 Å². The van der Waals surface area contributed by atoms with E-state index in [4.69, 9.17) is 4.98 Å². The van der Waals surface area contributed by atoms with Crippen molar-refractivity contribution < 1.29 is 9.90 Å². The number of carbonyl (C=O) groups is 1. The molecule has 7 rings (SSSR count). The molecule has 4 heteroatoms. The molecule has 4 nitrogen and oxygen atoms in total. The average Bonchev–Trinajstić information content (AvgIpc) is 3.55. The van der Waals surface area contributed by atoms with Gasteiger partial charge in [0.2, 0.25) is 0 Å². The molecule has 2 aromatic rings. The number of fused-ring (bicyclic) bond motifs is 7. The maximum Gasteiger partial charge on any atom is 0.160 e. The van der Waals surface area contributed by atoms with E-state index in [0.29, 0.717) is 30.0 Å². The molecular weight excluding hydrogens is 516 g/mol. The number of nitrogens with one attached hydrogen (secondary N) is 1. The van der Waals surface area contributed by atoms with Crippen molar-refractivity contribution in [2.45, 2.75) is 118 Å². The second-order valence-corrected chi connectivity index (χ2v) is 16.7. The van der Waals surface area contributed by atoms with E-state index in [1.807, 2.05) is 12.3 Å². The van der Waals surface area contributed by atoms with Gasteiger partial charge in [0.25, 0.3) is 0 Å². The molecule has 5 aliphatic carbocycles. The van der Waals surface area contributed by atoms with Gasteiger partial charge in [-0.3, -0.25) is 4.79 Å². The maximum atomic E-state index is 14.0. The van der Waals surface area contributed by atoms with Crippen LogP contribution in [-0.2, 0) is 10.2 Å². The Morgan fingerprint density at radius 3 is 2.33 bits per heavy atom. The van der Waals surface area contributed by atoms with E-state index in [2.05, 4.69) is 77.7 Å². The van der Waals surface area contributed by atoms with Gasteiger partial charge in [0.15, 0.2) is 5.78 Å². The zero-order chi connectivity index (χ0) is 29.9. The number of rotatable bonds is 3. The van der Waals surface area contributed by atoms with E-state index in [1.165, 1.54) is 24.8 Å². The van der Waals surface area contributed by atoms with Gasteiger partial charge in [-0.25, -0.2) is 4.98 Å². The van der Waals surface area contributed by atoms with Crippen LogP contribution in [0, 0.1) is 45.3 Å². The highest BCUT2D eigenvalue weighted by molar-refractivity contribution is 6.01. The molecular formula is C38H52N2O2. The first-order valence-corrected chi connectivity index (χ1v) is 16.9. The molecule has 0 saturated heterocycles. The Morgan fingerprint density at radius 2 is 1.62 bits per heavy atom. The van der Waals surface area contributed by atoms with Gasteiger partial charge in [-0.2, -0.15) is 0 Å². The van der Waals surface area contributed by atoms with Gasteiger partial charge >= 0.3 is 0 Å². The van der Waals surface area contributed by atoms with Crippen molar-refractivity contribution in [1.82, 2.24) is 9.97 Å². The van der Waals surface area contributed by atoms with Crippen LogP contribution >= 0.6 is 0 Å². The number of Topliss-reactive ketones (excluding diaryl/α,β-unsaturated/α-hetero) is 1. The van der Waals surface area contributed by atoms with Crippen LogP contribution < -0.4 is 0 Å². The number of aliphatic hydroxyl groups excluding tert-OH is 1. The summed E-state index contributed by atoms with van der Waals surface area (Å²) in [6, 6.07) is 10.5. The maximum absolute atomic E-state index is 14.0. The minimum Gasteiger partial charge on any atom is -0.393 e. The van der Waals surface area contributed by atoms with Crippen LogP contribution in [0.5, 0.6) is 0 Å². The Morgan fingerprint density at radius 1 is 0.881 bits per heavy atom. The smallest absolute Gasteiger partial charge is 0.160 e. The second kappa shape index (κ2) is 9.16. The molecule has 4 saturated carbocycles. The summed E-state index contributed by atoms with van der Waals surface area (Å²) in [6.07, 6.45) is 11.4. The Bertz CT molecular complexity index is 1440. The third-order valence-electron chi connectivity index (χ3n) is 14.5. The summed E-state index contributed by atoms with van der Waals surface area (Å²) >= 11 is 0. The molecule has 0 bridgehead atoms. The van der Waals surface area contributed by atoms with Crippen molar-refractivity contribution in [2.24, 2.45) is 45.3 Å². The summed E-state index contributed by atoms with van der Waals surface area (Å²) in [4.78, 5) is 22.8. The lowest BCUT2D eigenvalue weighted by atomic mass is 9.33. The van der Waals surface area contributed by atoms with Crippen molar-refractivity contribution in [1.29, 1.82) is 0 Å². The van der Waals surface area contributed by atoms with Crippen LogP contribution in [0.25, 0.3) is 11.3 Å². The standard InChI is InChI=1S/C38H52N2O2/c1-23(2)31-27(41)21-38(33-39-22-26(40-33)24-11-9-8-10-12-24)20-19-36(6)25(32(31)38)13-14-29-35(5)17-16-30(42)34(3,4)28(35)15-18-37(29,36)7/h8-12,22-23,25,28-30,42H,13-21H2,1-7H3,(H,39,40)/t25-,28+,29-,30+,35+,36-,37-,38-/m1/s1. The number of H-pyrrole nitrogens is 1. The number of hydrogen-bond acceptors (Lipinski definition) is 3. The van der Waals surface area contributed by atoms with E-state index in [1.54, 1.807) is 0 Å². The molecule has 0 spiro atoms. The zero-order valence-electron chi connectivity index (χ0n) is 27.0. The van der Waals surface area contributed by atoms with Crippen molar-refractivity contribution in [2.75, 3.05) is 0 Å². The molecule has 226 valence electrons. The monoisotopic (exact) mass is 568 g/mol. The van der Waals surface area contributed by atoms with E-state index in [9.17, 15) is 9.90 Å². The molecule has 0 unspecified atom stereocenters. The summed E-state index contributed by atoms with van der Waals surface area (Å²) in [5.41, 5.74) is 5.03. The van der Waals surface area contributed by atoms with Gasteiger partial charge in [0.1, 0.15) is 5.82 Å². The normalized spacial score (nSPS) is 42.6. The number of aromatic amines is 1. The van der Waals surface area contributed by atoms with E-state index in [-0.39, 0.29) is 39.1 Å². The highest BCUT2D eigenvalue weighted by Gasteiger charge is 2.70. The Labute approximate surface area is 253 Å². The van der Waals surface area contributed by atoms with Gasteiger partial charge in [-0.05, 0) is 113 Å². The summed E-state index contributed by atoms with van der Waals surface area (Å²) in [7, 11) is 0. The number of carbonyl (C=O) groups excluding carboxylic acids is 1. The molecule has 1 aromatic heterocycles. The zero-order valence-corrected chi connectivity index (χ0v) is 27.0. The summed E-state index contributed by atoms with van der Waals surface area (Å²) < 4.78 is 0. The lowest BCUT2D eigenvalue weighted by Crippen LogP contribution is -2.65. The first kappa shape index (κ1) is 28.6. The number of benzene rings is 1. The van der Waals surface area contributed by atoms with Gasteiger partial charge in [-0.1, -0.05) is 78.8 Å². The lowest BCUT2D eigenvalue weighted by Gasteiger charge is -2.72. The van der Waals surface area contributed by atoms with Crippen LogP contribution in [-0.4, -0.2) is 27.0 Å². The number of nitrogens with zero attached hydrogens (tertiary/aromatic N) is 1. The number of imidazole rings is 1. The fourth-order valence-electron chi connectivity index (χ4n) is 12.2. The number of aromatic nitrogens is 2. The van der Waals surface area contributed by atoms with Crippen LogP contribution in [0.4, 0.5) is 0 Å². The lowest BCUT2D eigenvalue weighted by molar-refractivity contribution is -0.226. The van der Waals surface area contributed by atoms with Gasteiger partial charge in [0, 0.05) is 6.42 Å². The summed E-state index contributed by atoms with van der Waals surface area (Å²) in [5, 5.41) is 11.1.